The van der Waals surface area contributed by atoms with Crippen molar-refractivity contribution in [3.8, 4) is 11.5 Å². The lowest BCUT2D eigenvalue weighted by molar-refractivity contribution is 0.315. The van der Waals surface area contributed by atoms with Gasteiger partial charge < -0.3 is 14.8 Å². The highest BCUT2D eigenvalue weighted by atomic mass is 79.9. The van der Waals surface area contributed by atoms with Crippen molar-refractivity contribution >= 4 is 15.9 Å². The van der Waals surface area contributed by atoms with E-state index in [1.165, 1.54) is 37.7 Å². The summed E-state index contributed by atoms with van der Waals surface area (Å²) in [4.78, 5) is 0. The van der Waals surface area contributed by atoms with Crippen LogP contribution in [0.3, 0.4) is 0 Å². The standard InChI is InChI=1S/C17H26BrNO2/c1-4-11-19-14-8-6-5-7-12(14)13-9-10-15(20-2)16(18)17(13)21-3/h9-10,12,14,19H,4-8,11H2,1-3H3. The molecule has 3 nitrogen and oxygen atoms in total. The van der Waals surface area contributed by atoms with Gasteiger partial charge in [-0.2, -0.15) is 0 Å². The first-order valence-corrected chi connectivity index (χ1v) is 8.66. The van der Waals surface area contributed by atoms with Crippen LogP contribution in [0.5, 0.6) is 11.5 Å². The molecule has 0 heterocycles. The Kier molecular flexibility index (Phi) is 6.37. The summed E-state index contributed by atoms with van der Waals surface area (Å²) in [5, 5.41) is 3.72. The fraction of sp³-hybridized carbons (Fsp3) is 0.647. The van der Waals surface area contributed by atoms with Crippen LogP contribution in [-0.2, 0) is 0 Å². The van der Waals surface area contributed by atoms with Gasteiger partial charge in [0.25, 0.3) is 0 Å². The Morgan fingerprint density at radius 3 is 2.62 bits per heavy atom. The van der Waals surface area contributed by atoms with Crippen molar-refractivity contribution in [3.63, 3.8) is 0 Å². The Morgan fingerprint density at radius 1 is 1.19 bits per heavy atom. The molecule has 0 bridgehead atoms. The second kappa shape index (κ2) is 8.04. The summed E-state index contributed by atoms with van der Waals surface area (Å²) in [5.41, 5.74) is 1.29. The van der Waals surface area contributed by atoms with Crippen LogP contribution in [0.4, 0.5) is 0 Å². The largest absolute Gasteiger partial charge is 0.495 e. The van der Waals surface area contributed by atoms with Crippen LogP contribution in [0.25, 0.3) is 0 Å². The van der Waals surface area contributed by atoms with Crippen molar-refractivity contribution in [3.05, 3.63) is 22.2 Å². The van der Waals surface area contributed by atoms with E-state index in [0.717, 1.165) is 22.5 Å². The molecule has 1 aliphatic rings. The molecule has 118 valence electrons. The lowest BCUT2D eigenvalue weighted by atomic mass is 9.79. The predicted molar refractivity (Wildman–Crippen MR) is 90.5 cm³/mol. The first-order valence-electron chi connectivity index (χ1n) is 7.86. The van der Waals surface area contributed by atoms with Crippen LogP contribution in [0.2, 0.25) is 0 Å². The summed E-state index contributed by atoms with van der Waals surface area (Å²) in [5.74, 6) is 2.26. The van der Waals surface area contributed by atoms with E-state index in [1.807, 2.05) is 6.07 Å². The normalized spacial score (nSPS) is 22.1. The maximum atomic E-state index is 5.67. The van der Waals surface area contributed by atoms with Gasteiger partial charge in [-0.25, -0.2) is 0 Å². The molecule has 0 radical (unpaired) electrons. The third-order valence-electron chi connectivity index (χ3n) is 4.34. The quantitative estimate of drug-likeness (QED) is 0.815. The van der Waals surface area contributed by atoms with Crippen molar-refractivity contribution in [2.75, 3.05) is 20.8 Å². The van der Waals surface area contributed by atoms with Gasteiger partial charge in [0.2, 0.25) is 0 Å². The maximum absolute atomic E-state index is 5.67. The molecule has 0 saturated heterocycles. The van der Waals surface area contributed by atoms with Crippen molar-refractivity contribution in [2.45, 2.75) is 51.0 Å². The zero-order valence-corrected chi connectivity index (χ0v) is 14.8. The van der Waals surface area contributed by atoms with Gasteiger partial charge in [-0.05, 0) is 47.8 Å². The molecule has 0 spiro atoms. The minimum absolute atomic E-state index is 0.516. The molecule has 2 unspecified atom stereocenters. The summed E-state index contributed by atoms with van der Waals surface area (Å²) >= 11 is 3.62. The van der Waals surface area contributed by atoms with Crippen molar-refractivity contribution < 1.29 is 9.47 Å². The van der Waals surface area contributed by atoms with E-state index in [2.05, 4.69) is 34.2 Å². The number of rotatable bonds is 6. The topological polar surface area (TPSA) is 30.5 Å². The maximum Gasteiger partial charge on any atom is 0.140 e. The average Bonchev–Trinajstić information content (AvgIpc) is 2.53. The molecule has 4 heteroatoms. The van der Waals surface area contributed by atoms with Crippen molar-refractivity contribution in [2.24, 2.45) is 0 Å². The SMILES string of the molecule is CCCNC1CCCCC1c1ccc(OC)c(Br)c1OC. The predicted octanol–water partition coefficient (Wildman–Crippen LogP) is 4.49. The van der Waals surface area contributed by atoms with E-state index in [4.69, 9.17) is 9.47 Å². The first kappa shape index (κ1) is 16.6. The van der Waals surface area contributed by atoms with Gasteiger partial charge in [0.15, 0.2) is 0 Å². The van der Waals surface area contributed by atoms with E-state index in [9.17, 15) is 0 Å². The highest BCUT2D eigenvalue weighted by Crippen LogP contribution is 2.44. The molecular formula is C17H26BrNO2. The van der Waals surface area contributed by atoms with Gasteiger partial charge in [-0.3, -0.25) is 0 Å². The van der Waals surface area contributed by atoms with Gasteiger partial charge in [0, 0.05) is 17.5 Å². The third kappa shape index (κ3) is 3.72. The van der Waals surface area contributed by atoms with Gasteiger partial charge in [0.05, 0.1) is 14.2 Å². The van der Waals surface area contributed by atoms with Crippen LogP contribution in [-0.4, -0.2) is 26.8 Å². The molecule has 1 N–H and O–H groups in total. The molecule has 2 rings (SSSR count). The van der Waals surface area contributed by atoms with Crippen LogP contribution in [0, 0.1) is 0 Å². The Bertz CT molecular complexity index is 464. The van der Waals surface area contributed by atoms with E-state index >= 15 is 0 Å². The highest BCUT2D eigenvalue weighted by molar-refractivity contribution is 9.10. The van der Waals surface area contributed by atoms with Crippen LogP contribution in [0.1, 0.15) is 50.5 Å². The number of benzene rings is 1. The van der Waals surface area contributed by atoms with Crippen LogP contribution in [0.15, 0.2) is 16.6 Å². The van der Waals surface area contributed by atoms with Crippen molar-refractivity contribution in [1.29, 1.82) is 0 Å². The first-order chi connectivity index (χ1) is 10.2. The Balaban J connectivity index is 2.31. The summed E-state index contributed by atoms with van der Waals surface area (Å²) in [6.07, 6.45) is 6.25. The summed E-state index contributed by atoms with van der Waals surface area (Å²) in [6, 6.07) is 4.75. The monoisotopic (exact) mass is 355 g/mol. The van der Waals surface area contributed by atoms with E-state index in [-0.39, 0.29) is 0 Å². The number of methoxy groups -OCH3 is 2. The highest BCUT2D eigenvalue weighted by Gasteiger charge is 2.29. The summed E-state index contributed by atoms with van der Waals surface area (Å²) in [7, 11) is 3.42. The average molecular weight is 356 g/mol. The lowest BCUT2D eigenvalue weighted by Gasteiger charge is -2.34. The molecule has 1 fully saturated rings. The lowest BCUT2D eigenvalue weighted by Crippen LogP contribution is -2.37. The Hall–Kier alpha value is -0.740. The van der Waals surface area contributed by atoms with Gasteiger partial charge in [0.1, 0.15) is 16.0 Å². The fourth-order valence-corrected chi connectivity index (χ4v) is 3.97. The minimum atomic E-state index is 0.516. The van der Waals surface area contributed by atoms with E-state index in [1.54, 1.807) is 14.2 Å². The van der Waals surface area contributed by atoms with Gasteiger partial charge in [-0.1, -0.05) is 25.8 Å². The molecule has 1 aromatic rings. The number of hydrogen-bond donors (Lipinski definition) is 1. The second-order valence-electron chi connectivity index (χ2n) is 5.66. The number of ether oxygens (including phenoxy) is 2. The molecule has 0 aromatic heterocycles. The molecule has 2 atom stereocenters. The molecular weight excluding hydrogens is 330 g/mol. The second-order valence-corrected chi connectivity index (χ2v) is 6.45. The molecule has 0 aliphatic heterocycles. The molecule has 1 aromatic carbocycles. The Labute approximate surface area is 136 Å². The zero-order chi connectivity index (χ0) is 15.2. The molecule has 0 amide bonds. The molecule has 21 heavy (non-hydrogen) atoms. The smallest absolute Gasteiger partial charge is 0.140 e. The van der Waals surface area contributed by atoms with Gasteiger partial charge >= 0.3 is 0 Å². The number of hydrogen-bond acceptors (Lipinski definition) is 3. The van der Waals surface area contributed by atoms with Crippen molar-refractivity contribution in [1.82, 2.24) is 5.32 Å². The van der Waals surface area contributed by atoms with E-state index < -0.39 is 0 Å². The summed E-state index contributed by atoms with van der Waals surface area (Å²) < 4.78 is 12.0. The number of halogens is 1. The minimum Gasteiger partial charge on any atom is -0.495 e. The summed E-state index contributed by atoms with van der Waals surface area (Å²) in [6.45, 7) is 3.30. The number of nitrogens with one attached hydrogen (secondary N) is 1. The third-order valence-corrected chi connectivity index (χ3v) is 5.09. The van der Waals surface area contributed by atoms with E-state index in [0.29, 0.717) is 12.0 Å². The Morgan fingerprint density at radius 2 is 1.95 bits per heavy atom. The molecule has 1 aliphatic carbocycles. The van der Waals surface area contributed by atoms with Crippen LogP contribution >= 0.6 is 15.9 Å². The van der Waals surface area contributed by atoms with Gasteiger partial charge in [-0.15, -0.1) is 0 Å². The fourth-order valence-electron chi connectivity index (χ4n) is 3.29. The zero-order valence-electron chi connectivity index (χ0n) is 13.2. The van der Waals surface area contributed by atoms with Crippen LogP contribution < -0.4 is 14.8 Å². The molecule has 1 saturated carbocycles.